The average molecular weight is 350 g/mol. The molecule has 0 amide bonds. The van der Waals surface area contributed by atoms with E-state index in [1.54, 1.807) is 4.68 Å². The molecule has 1 atom stereocenters. The standard InChI is InChI=1S/C17H24F2N6/c1-5-20-17(24(3)10-16-22-11-23-25(16)4)21-9-12(2)14-7-6-13(18)8-15(14)19/h6-8,11-12H,5,9-10H2,1-4H3,(H,20,21). The van der Waals surface area contributed by atoms with E-state index >= 15 is 0 Å². The Labute approximate surface area is 146 Å². The van der Waals surface area contributed by atoms with E-state index in [1.807, 2.05) is 32.8 Å². The molecular formula is C17H24F2N6. The van der Waals surface area contributed by atoms with Crippen LogP contribution in [0.2, 0.25) is 0 Å². The van der Waals surface area contributed by atoms with Crippen molar-refractivity contribution >= 4 is 5.96 Å². The molecule has 0 aliphatic heterocycles. The Morgan fingerprint density at radius 1 is 1.40 bits per heavy atom. The molecule has 8 heteroatoms. The van der Waals surface area contributed by atoms with Gasteiger partial charge in [-0.25, -0.2) is 13.8 Å². The summed E-state index contributed by atoms with van der Waals surface area (Å²) >= 11 is 0. The average Bonchev–Trinajstić information content (AvgIpc) is 2.96. The topological polar surface area (TPSA) is 58.3 Å². The van der Waals surface area contributed by atoms with E-state index in [2.05, 4.69) is 20.4 Å². The van der Waals surface area contributed by atoms with Crippen LogP contribution in [-0.4, -0.2) is 45.8 Å². The van der Waals surface area contributed by atoms with E-state index in [0.29, 0.717) is 31.2 Å². The minimum Gasteiger partial charge on any atom is -0.357 e. The van der Waals surface area contributed by atoms with E-state index < -0.39 is 11.6 Å². The molecule has 2 rings (SSSR count). The summed E-state index contributed by atoms with van der Waals surface area (Å²) < 4.78 is 28.6. The molecule has 6 nitrogen and oxygen atoms in total. The number of aromatic nitrogens is 3. The van der Waals surface area contributed by atoms with Crippen LogP contribution in [-0.2, 0) is 13.6 Å². The summed E-state index contributed by atoms with van der Waals surface area (Å²) in [6.45, 7) is 5.48. The van der Waals surface area contributed by atoms with Crippen LogP contribution in [0.5, 0.6) is 0 Å². The predicted octanol–water partition coefficient (Wildman–Crippen LogP) is 2.29. The number of nitrogens with one attached hydrogen (secondary N) is 1. The first-order valence-electron chi connectivity index (χ1n) is 8.19. The van der Waals surface area contributed by atoms with Gasteiger partial charge in [0.05, 0.1) is 6.54 Å². The minimum absolute atomic E-state index is 0.169. The van der Waals surface area contributed by atoms with Gasteiger partial charge in [0.25, 0.3) is 0 Å². The fraction of sp³-hybridized carbons (Fsp3) is 0.471. The first kappa shape index (κ1) is 18.8. The second-order valence-electron chi connectivity index (χ2n) is 5.92. The summed E-state index contributed by atoms with van der Waals surface area (Å²) in [7, 11) is 3.74. The highest BCUT2D eigenvalue weighted by Crippen LogP contribution is 2.20. The summed E-state index contributed by atoms with van der Waals surface area (Å²) in [5.74, 6) is 0.219. The van der Waals surface area contributed by atoms with Crippen molar-refractivity contribution in [2.75, 3.05) is 20.1 Å². The summed E-state index contributed by atoms with van der Waals surface area (Å²) in [5.41, 5.74) is 0.456. The molecule has 0 saturated heterocycles. The zero-order valence-electron chi connectivity index (χ0n) is 15.0. The third-order valence-corrected chi connectivity index (χ3v) is 3.89. The molecule has 0 fully saturated rings. The van der Waals surface area contributed by atoms with E-state index in [-0.39, 0.29) is 5.92 Å². The second-order valence-corrected chi connectivity index (χ2v) is 5.92. The number of halogens is 2. The van der Waals surface area contributed by atoms with E-state index in [0.717, 1.165) is 11.9 Å². The van der Waals surface area contributed by atoms with Gasteiger partial charge in [0.15, 0.2) is 5.96 Å². The molecule has 0 spiro atoms. The molecule has 0 radical (unpaired) electrons. The third kappa shape index (κ3) is 4.98. The van der Waals surface area contributed by atoms with Crippen LogP contribution in [0.1, 0.15) is 31.2 Å². The lowest BCUT2D eigenvalue weighted by Crippen LogP contribution is -2.39. The van der Waals surface area contributed by atoms with E-state index in [1.165, 1.54) is 18.5 Å². The molecule has 1 heterocycles. The first-order valence-corrected chi connectivity index (χ1v) is 8.19. The summed E-state index contributed by atoms with van der Waals surface area (Å²) in [6.07, 6.45) is 1.51. The van der Waals surface area contributed by atoms with Crippen molar-refractivity contribution in [3.8, 4) is 0 Å². The Bertz CT molecular complexity index is 728. The highest BCUT2D eigenvalue weighted by Gasteiger charge is 2.14. The van der Waals surface area contributed by atoms with Crippen molar-refractivity contribution in [2.24, 2.45) is 12.0 Å². The van der Waals surface area contributed by atoms with Gasteiger partial charge >= 0.3 is 0 Å². The molecule has 0 saturated carbocycles. The number of benzene rings is 1. The number of hydrogen-bond acceptors (Lipinski definition) is 3. The molecule has 25 heavy (non-hydrogen) atoms. The maximum Gasteiger partial charge on any atom is 0.194 e. The Balaban J connectivity index is 2.08. The van der Waals surface area contributed by atoms with Crippen LogP contribution in [0.15, 0.2) is 29.5 Å². The zero-order chi connectivity index (χ0) is 18.4. The largest absolute Gasteiger partial charge is 0.357 e. The molecule has 1 N–H and O–H groups in total. The number of nitrogens with zero attached hydrogens (tertiary/aromatic N) is 5. The smallest absolute Gasteiger partial charge is 0.194 e. The van der Waals surface area contributed by atoms with Crippen molar-refractivity contribution in [3.05, 3.63) is 47.5 Å². The predicted molar refractivity (Wildman–Crippen MR) is 93.2 cm³/mol. The number of rotatable bonds is 6. The zero-order valence-corrected chi connectivity index (χ0v) is 15.0. The first-order chi connectivity index (χ1) is 11.9. The molecule has 0 aliphatic rings. The molecule has 2 aromatic rings. The van der Waals surface area contributed by atoms with Gasteiger partial charge in [-0.05, 0) is 18.6 Å². The van der Waals surface area contributed by atoms with Gasteiger partial charge in [-0.2, -0.15) is 5.10 Å². The Morgan fingerprint density at radius 2 is 2.16 bits per heavy atom. The molecule has 1 unspecified atom stereocenters. The molecule has 0 aliphatic carbocycles. The van der Waals surface area contributed by atoms with Crippen molar-refractivity contribution in [2.45, 2.75) is 26.3 Å². The molecular weight excluding hydrogens is 326 g/mol. The van der Waals surface area contributed by atoms with Gasteiger partial charge in [0.1, 0.15) is 23.8 Å². The van der Waals surface area contributed by atoms with Crippen LogP contribution < -0.4 is 5.32 Å². The Kier molecular flexibility index (Phi) is 6.44. The summed E-state index contributed by atoms with van der Waals surface area (Å²) in [6, 6.07) is 3.64. The van der Waals surface area contributed by atoms with Crippen molar-refractivity contribution in [1.29, 1.82) is 0 Å². The quantitative estimate of drug-likeness (QED) is 0.642. The van der Waals surface area contributed by atoms with Crippen molar-refractivity contribution in [1.82, 2.24) is 25.0 Å². The van der Waals surface area contributed by atoms with E-state index in [9.17, 15) is 8.78 Å². The van der Waals surface area contributed by atoms with Crippen molar-refractivity contribution in [3.63, 3.8) is 0 Å². The van der Waals surface area contributed by atoms with Gasteiger partial charge in [0, 0.05) is 39.2 Å². The number of hydrogen-bond donors (Lipinski definition) is 1. The summed E-state index contributed by atoms with van der Waals surface area (Å²) in [4.78, 5) is 10.7. The molecule has 136 valence electrons. The van der Waals surface area contributed by atoms with Gasteiger partial charge < -0.3 is 10.2 Å². The molecule has 1 aromatic heterocycles. The van der Waals surface area contributed by atoms with Gasteiger partial charge in [-0.3, -0.25) is 9.67 Å². The maximum atomic E-state index is 13.9. The third-order valence-electron chi connectivity index (χ3n) is 3.89. The molecule has 1 aromatic carbocycles. The van der Waals surface area contributed by atoms with Crippen molar-refractivity contribution < 1.29 is 8.78 Å². The minimum atomic E-state index is -0.575. The Morgan fingerprint density at radius 3 is 2.76 bits per heavy atom. The number of aryl methyl sites for hydroxylation is 1. The normalized spacial score (nSPS) is 13.0. The highest BCUT2D eigenvalue weighted by atomic mass is 19.1. The number of guanidine groups is 1. The number of aliphatic imine (C=N–C) groups is 1. The van der Waals surface area contributed by atoms with Crippen LogP contribution >= 0.6 is 0 Å². The molecule has 0 bridgehead atoms. The van der Waals surface area contributed by atoms with E-state index in [4.69, 9.17) is 0 Å². The fourth-order valence-electron chi connectivity index (χ4n) is 2.44. The van der Waals surface area contributed by atoms with Gasteiger partial charge in [0.2, 0.25) is 0 Å². The maximum absolute atomic E-state index is 13.9. The fourth-order valence-corrected chi connectivity index (χ4v) is 2.44. The summed E-state index contributed by atoms with van der Waals surface area (Å²) in [5, 5.41) is 7.26. The van der Waals surface area contributed by atoms with Gasteiger partial charge in [-0.1, -0.05) is 13.0 Å². The van der Waals surface area contributed by atoms with Crippen LogP contribution in [0.4, 0.5) is 8.78 Å². The monoisotopic (exact) mass is 350 g/mol. The lowest BCUT2D eigenvalue weighted by atomic mass is 10.0. The lowest BCUT2D eigenvalue weighted by molar-refractivity contribution is 0.447. The second kappa shape index (κ2) is 8.55. The van der Waals surface area contributed by atoms with Crippen LogP contribution in [0.25, 0.3) is 0 Å². The SMILES string of the molecule is CCNC(=NCC(C)c1ccc(F)cc1F)N(C)Cc1ncnn1C. The Hall–Kier alpha value is -2.51. The van der Waals surface area contributed by atoms with Crippen LogP contribution in [0, 0.1) is 11.6 Å². The van der Waals surface area contributed by atoms with Crippen LogP contribution in [0.3, 0.4) is 0 Å². The highest BCUT2D eigenvalue weighted by molar-refractivity contribution is 5.79. The van der Waals surface area contributed by atoms with Gasteiger partial charge in [-0.15, -0.1) is 0 Å². The lowest BCUT2D eigenvalue weighted by Gasteiger charge is -2.22.